The van der Waals surface area contributed by atoms with E-state index in [1.54, 1.807) is 36.4 Å². The molecular formula is C19H22ClN3O5S. The molecule has 0 spiro atoms. The van der Waals surface area contributed by atoms with E-state index in [4.69, 9.17) is 16.3 Å². The van der Waals surface area contributed by atoms with E-state index in [1.165, 1.54) is 26.1 Å². The van der Waals surface area contributed by atoms with Gasteiger partial charge in [0.25, 0.3) is 11.8 Å². The molecule has 8 nitrogen and oxygen atoms in total. The zero-order chi connectivity index (χ0) is 21.6. The fourth-order valence-electron chi connectivity index (χ4n) is 2.23. The second kappa shape index (κ2) is 9.73. The number of sulfonamides is 1. The third-order valence-corrected chi connectivity index (χ3v) is 6.06. The molecule has 2 amide bonds. The van der Waals surface area contributed by atoms with Crippen LogP contribution in [0.2, 0.25) is 5.02 Å². The normalized spacial score (nSPS) is 12.3. The Labute approximate surface area is 174 Å². The molecule has 1 atom stereocenters. The Morgan fingerprint density at radius 1 is 1.10 bits per heavy atom. The van der Waals surface area contributed by atoms with E-state index in [0.29, 0.717) is 10.8 Å². The molecule has 0 aliphatic heterocycles. The number of aryl methyl sites for hydroxylation is 1. The number of nitrogens with one attached hydrogen (secondary N) is 2. The summed E-state index contributed by atoms with van der Waals surface area (Å²) in [7, 11) is -2.55. The second-order valence-corrected chi connectivity index (χ2v) is 8.75. The lowest BCUT2D eigenvalue weighted by molar-refractivity contribution is -0.132. The number of carbonyl (C=O) groups excluding carboxylic acids is 2. The van der Waals surface area contributed by atoms with E-state index < -0.39 is 34.5 Å². The van der Waals surface area contributed by atoms with Crippen LogP contribution in [0.3, 0.4) is 0 Å². The van der Waals surface area contributed by atoms with Gasteiger partial charge in [0.1, 0.15) is 5.75 Å². The molecular weight excluding hydrogens is 418 g/mol. The van der Waals surface area contributed by atoms with Gasteiger partial charge in [0.2, 0.25) is 10.0 Å². The van der Waals surface area contributed by atoms with Crippen LogP contribution in [-0.4, -0.2) is 44.2 Å². The van der Waals surface area contributed by atoms with E-state index >= 15 is 0 Å². The van der Waals surface area contributed by atoms with Crippen molar-refractivity contribution < 1.29 is 22.7 Å². The molecule has 29 heavy (non-hydrogen) atoms. The molecule has 2 rings (SSSR count). The quantitative estimate of drug-likeness (QED) is 0.641. The summed E-state index contributed by atoms with van der Waals surface area (Å²) in [6.45, 7) is 2.85. The molecule has 2 N–H and O–H groups in total. The highest BCUT2D eigenvalue weighted by atomic mass is 35.5. The van der Waals surface area contributed by atoms with Crippen molar-refractivity contribution in [3.8, 4) is 5.75 Å². The second-order valence-electron chi connectivity index (χ2n) is 6.30. The summed E-state index contributed by atoms with van der Waals surface area (Å²) >= 11 is 5.97. The lowest BCUT2D eigenvalue weighted by Gasteiger charge is -2.18. The zero-order valence-corrected chi connectivity index (χ0v) is 17.8. The van der Waals surface area contributed by atoms with Crippen LogP contribution in [0.1, 0.15) is 12.5 Å². The number of hydrazine groups is 1. The third-order valence-electron chi connectivity index (χ3n) is 3.93. The number of nitrogens with zero attached hydrogens (tertiary/aromatic N) is 1. The van der Waals surface area contributed by atoms with Gasteiger partial charge in [-0.15, -0.1) is 0 Å². The first-order chi connectivity index (χ1) is 13.6. The van der Waals surface area contributed by atoms with Crippen LogP contribution in [0, 0.1) is 6.92 Å². The van der Waals surface area contributed by atoms with Crippen LogP contribution in [-0.2, 0) is 19.6 Å². The molecule has 2 aromatic carbocycles. The van der Waals surface area contributed by atoms with Gasteiger partial charge in [-0.3, -0.25) is 20.4 Å². The molecule has 0 aliphatic carbocycles. The van der Waals surface area contributed by atoms with Crippen molar-refractivity contribution in [1.82, 2.24) is 15.2 Å². The number of amides is 2. The highest BCUT2D eigenvalue weighted by Gasteiger charge is 2.23. The molecule has 0 bridgehead atoms. The topological polar surface area (TPSA) is 105 Å². The summed E-state index contributed by atoms with van der Waals surface area (Å²) < 4.78 is 31.3. The molecule has 10 heteroatoms. The number of carbonyl (C=O) groups is 2. The number of benzene rings is 2. The van der Waals surface area contributed by atoms with Gasteiger partial charge in [-0.25, -0.2) is 8.42 Å². The van der Waals surface area contributed by atoms with Crippen LogP contribution < -0.4 is 15.6 Å². The van der Waals surface area contributed by atoms with E-state index in [0.717, 1.165) is 9.87 Å². The van der Waals surface area contributed by atoms with Crippen molar-refractivity contribution in [2.45, 2.75) is 24.8 Å². The summed E-state index contributed by atoms with van der Waals surface area (Å²) in [5.74, 6) is -1.00. The SMILES string of the molecule is Cc1ccc(S(=O)(=O)N(C)CC(=O)NNC(=O)C(C)Oc2ccccc2Cl)cc1. The fourth-order valence-corrected chi connectivity index (χ4v) is 3.54. The summed E-state index contributed by atoms with van der Waals surface area (Å²) in [6.07, 6.45) is -0.941. The van der Waals surface area contributed by atoms with Crippen LogP contribution in [0.5, 0.6) is 5.75 Å². The van der Waals surface area contributed by atoms with Crippen molar-refractivity contribution in [3.63, 3.8) is 0 Å². The van der Waals surface area contributed by atoms with Gasteiger partial charge < -0.3 is 4.74 Å². The van der Waals surface area contributed by atoms with E-state index in [-0.39, 0.29) is 4.90 Å². The van der Waals surface area contributed by atoms with Crippen LogP contribution in [0.4, 0.5) is 0 Å². The maximum atomic E-state index is 12.5. The van der Waals surface area contributed by atoms with Gasteiger partial charge in [-0.05, 0) is 38.1 Å². The molecule has 0 aliphatic rings. The molecule has 156 valence electrons. The van der Waals surface area contributed by atoms with Crippen molar-refractivity contribution in [3.05, 3.63) is 59.1 Å². The van der Waals surface area contributed by atoms with Gasteiger partial charge >= 0.3 is 0 Å². The molecule has 0 fully saturated rings. The van der Waals surface area contributed by atoms with E-state index in [1.807, 2.05) is 6.92 Å². The minimum Gasteiger partial charge on any atom is -0.479 e. The summed E-state index contributed by atoms with van der Waals surface area (Å²) in [4.78, 5) is 24.2. The lowest BCUT2D eigenvalue weighted by atomic mass is 10.2. The number of ether oxygens (including phenoxy) is 1. The largest absolute Gasteiger partial charge is 0.479 e. The fraction of sp³-hybridized carbons (Fsp3) is 0.263. The molecule has 1 unspecified atom stereocenters. The van der Waals surface area contributed by atoms with E-state index in [2.05, 4.69) is 10.9 Å². The molecule has 0 saturated carbocycles. The first-order valence-electron chi connectivity index (χ1n) is 8.64. The Balaban J connectivity index is 1.87. The zero-order valence-electron chi connectivity index (χ0n) is 16.2. The Morgan fingerprint density at radius 2 is 1.72 bits per heavy atom. The number of halogens is 1. The van der Waals surface area contributed by atoms with Gasteiger partial charge in [-0.2, -0.15) is 4.31 Å². The highest BCUT2D eigenvalue weighted by molar-refractivity contribution is 7.89. The molecule has 2 aromatic rings. The van der Waals surface area contributed by atoms with Crippen molar-refractivity contribution in [1.29, 1.82) is 0 Å². The van der Waals surface area contributed by atoms with Gasteiger partial charge in [0.15, 0.2) is 6.10 Å². The van der Waals surface area contributed by atoms with E-state index in [9.17, 15) is 18.0 Å². The van der Waals surface area contributed by atoms with Gasteiger partial charge in [-0.1, -0.05) is 41.4 Å². The molecule has 0 heterocycles. The van der Waals surface area contributed by atoms with Crippen molar-refractivity contribution in [2.75, 3.05) is 13.6 Å². The predicted molar refractivity (Wildman–Crippen MR) is 109 cm³/mol. The predicted octanol–water partition coefficient (Wildman–Crippen LogP) is 1.88. The number of hydrogen-bond acceptors (Lipinski definition) is 5. The molecule has 0 radical (unpaired) electrons. The van der Waals surface area contributed by atoms with Crippen molar-refractivity contribution in [2.24, 2.45) is 0 Å². The van der Waals surface area contributed by atoms with Crippen LogP contribution >= 0.6 is 11.6 Å². The lowest BCUT2D eigenvalue weighted by Crippen LogP contribution is -2.50. The summed E-state index contributed by atoms with van der Waals surface area (Å²) in [5.41, 5.74) is 5.28. The first kappa shape index (κ1) is 22.7. The monoisotopic (exact) mass is 439 g/mol. The summed E-state index contributed by atoms with van der Waals surface area (Å²) in [6, 6.07) is 12.9. The average Bonchev–Trinajstić information content (AvgIpc) is 2.68. The maximum Gasteiger partial charge on any atom is 0.279 e. The summed E-state index contributed by atoms with van der Waals surface area (Å²) in [5, 5.41) is 0.346. The Hall–Kier alpha value is -2.62. The minimum absolute atomic E-state index is 0.0733. The van der Waals surface area contributed by atoms with Crippen LogP contribution in [0.25, 0.3) is 0 Å². The Morgan fingerprint density at radius 3 is 2.34 bits per heavy atom. The van der Waals surface area contributed by atoms with Gasteiger partial charge in [0, 0.05) is 7.05 Å². The number of para-hydroxylation sites is 1. The highest BCUT2D eigenvalue weighted by Crippen LogP contribution is 2.24. The number of likely N-dealkylation sites (N-methyl/N-ethyl adjacent to an activating group) is 1. The van der Waals surface area contributed by atoms with Crippen LogP contribution in [0.15, 0.2) is 53.4 Å². The average molecular weight is 440 g/mol. The number of rotatable bonds is 7. The maximum absolute atomic E-state index is 12.5. The molecule has 0 aromatic heterocycles. The van der Waals surface area contributed by atoms with Gasteiger partial charge in [0.05, 0.1) is 16.5 Å². The number of hydrogen-bond donors (Lipinski definition) is 2. The third kappa shape index (κ3) is 6.18. The van der Waals surface area contributed by atoms with Crippen molar-refractivity contribution >= 4 is 33.4 Å². The standard InChI is InChI=1S/C19H22ClN3O5S/c1-13-8-10-15(11-9-13)29(26,27)23(3)12-18(24)21-22-19(25)14(2)28-17-7-5-4-6-16(17)20/h4-11,14H,12H2,1-3H3,(H,21,24)(H,22,25). The smallest absolute Gasteiger partial charge is 0.279 e. The molecule has 0 saturated heterocycles. The minimum atomic E-state index is -3.83. The first-order valence-corrected chi connectivity index (χ1v) is 10.5. The Bertz CT molecular complexity index is 980. The Kier molecular flexibility index (Phi) is 7.60.